The fourth-order valence-corrected chi connectivity index (χ4v) is 6.42. The Morgan fingerprint density at radius 2 is 1.85 bits per heavy atom. The Morgan fingerprint density at radius 3 is 2.60 bits per heavy atom. The van der Waals surface area contributed by atoms with Crippen LogP contribution in [0.2, 0.25) is 0 Å². The summed E-state index contributed by atoms with van der Waals surface area (Å²) in [6.45, 7) is 4.15. The maximum absolute atomic E-state index is 14.2. The van der Waals surface area contributed by atoms with Gasteiger partial charge in [0.15, 0.2) is 5.69 Å². The molecule has 1 saturated heterocycles. The Balaban J connectivity index is 1.47. The lowest BCUT2D eigenvalue weighted by Crippen LogP contribution is -2.54. The number of aromatic nitrogens is 2. The quantitative estimate of drug-likeness (QED) is 0.355. The van der Waals surface area contributed by atoms with Crippen molar-refractivity contribution in [3.8, 4) is 11.3 Å². The van der Waals surface area contributed by atoms with Gasteiger partial charge in [0.25, 0.3) is 5.91 Å². The van der Waals surface area contributed by atoms with Crippen molar-refractivity contribution in [3.05, 3.63) is 78.2 Å². The zero-order chi connectivity index (χ0) is 28.0. The Hall–Kier alpha value is -3.49. The lowest BCUT2D eigenvalue weighted by molar-refractivity contribution is -0.119. The summed E-state index contributed by atoms with van der Waals surface area (Å²) >= 11 is 0. The number of nitrogens with one attached hydrogen (secondary N) is 2. The average molecular weight is 544 g/mol. The topological polar surface area (TPSA) is 99.5 Å². The summed E-state index contributed by atoms with van der Waals surface area (Å²) in [4.78, 5) is 32.3. The van der Waals surface area contributed by atoms with Crippen LogP contribution >= 0.6 is 0 Å². The molecule has 2 heterocycles. The van der Waals surface area contributed by atoms with Crippen LogP contribution in [0.4, 0.5) is 0 Å². The normalized spacial score (nSPS) is 23.1. The molecule has 0 spiro atoms. The van der Waals surface area contributed by atoms with Gasteiger partial charge in [-0.05, 0) is 37.7 Å². The van der Waals surface area contributed by atoms with Crippen LogP contribution in [0.3, 0.4) is 0 Å². The molecule has 8 nitrogen and oxygen atoms in total. The highest BCUT2D eigenvalue weighted by molar-refractivity contribution is 5.98. The van der Waals surface area contributed by atoms with Gasteiger partial charge in [-0.15, -0.1) is 0 Å². The minimum atomic E-state index is -0.938. The van der Waals surface area contributed by atoms with E-state index in [1.807, 2.05) is 53.4 Å². The molecule has 3 N–H and O–H groups in total. The summed E-state index contributed by atoms with van der Waals surface area (Å²) in [5.41, 5.74) is 2.40. The lowest BCUT2D eigenvalue weighted by Gasteiger charge is -2.41. The third-order valence-electron chi connectivity index (χ3n) is 8.42. The SMILES string of the molecule is CC(=O)NCCC[C@]1(O)CCCC[C@H]1n1cnc(C(=O)N2CCNC[C@H]2Cc2ccccc2)c1-c1ccccc1. The summed E-state index contributed by atoms with van der Waals surface area (Å²) in [5, 5.41) is 18.3. The van der Waals surface area contributed by atoms with Crippen LogP contribution in [0, 0.1) is 0 Å². The molecule has 0 bridgehead atoms. The van der Waals surface area contributed by atoms with Crippen LogP contribution in [-0.2, 0) is 11.2 Å². The molecule has 0 unspecified atom stereocenters. The molecule has 212 valence electrons. The molecule has 3 aromatic rings. The minimum absolute atomic E-state index is 0.0258. The molecule has 1 aliphatic heterocycles. The zero-order valence-corrected chi connectivity index (χ0v) is 23.4. The number of hydrogen-bond donors (Lipinski definition) is 3. The number of carbonyl (C=O) groups excluding carboxylic acids is 2. The number of rotatable bonds is 9. The number of amides is 2. The van der Waals surface area contributed by atoms with Crippen molar-refractivity contribution in [3.63, 3.8) is 0 Å². The van der Waals surface area contributed by atoms with E-state index in [1.165, 1.54) is 12.5 Å². The zero-order valence-electron chi connectivity index (χ0n) is 23.4. The standard InChI is InChI=1S/C32H41N5O3/c1-24(38)34-18-10-17-32(40)16-9-8-15-28(32)37-23-35-29(30(37)26-13-6-3-7-14-26)31(39)36-20-19-33-22-27(36)21-25-11-4-2-5-12-25/h2-7,11-14,23,27-28,33,40H,8-10,15-22H2,1H3,(H,34,38)/t27-,28-,32-/m1/s1. The third-order valence-corrected chi connectivity index (χ3v) is 8.42. The van der Waals surface area contributed by atoms with Crippen LogP contribution in [0.25, 0.3) is 11.3 Å². The van der Waals surface area contributed by atoms with E-state index < -0.39 is 5.60 Å². The first-order valence-corrected chi connectivity index (χ1v) is 14.6. The van der Waals surface area contributed by atoms with Crippen LogP contribution in [0.1, 0.15) is 67.5 Å². The predicted molar refractivity (Wildman–Crippen MR) is 156 cm³/mol. The molecule has 8 heteroatoms. The van der Waals surface area contributed by atoms with E-state index in [1.54, 1.807) is 6.33 Å². The average Bonchev–Trinajstić information content (AvgIpc) is 3.41. The molecule has 3 atom stereocenters. The van der Waals surface area contributed by atoms with Gasteiger partial charge in [-0.25, -0.2) is 4.98 Å². The van der Waals surface area contributed by atoms with E-state index in [0.29, 0.717) is 38.0 Å². The third kappa shape index (κ3) is 6.29. The van der Waals surface area contributed by atoms with Crippen molar-refractivity contribution in [2.75, 3.05) is 26.2 Å². The van der Waals surface area contributed by atoms with Gasteiger partial charge < -0.3 is 25.2 Å². The maximum atomic E-state index is 14.2. The van der Waals surface area contributed by atoms with E-state index in [-0.39, 0.29) is 23.9 Å². The summed E-state index contributed by atoms with van der Waals surface area (Å²) in [7, 11) is 0. The van der Waals surface area contributed by atoms with E-state index >= 15 is 0 Å². The maximum Gasteiger partial charge on any atom is 0.275 e. The number of benzene rings is 2. The number of aliphatic hydroxyl groups is 1. The van der Waals surface area contributed by atoms with Gasteiger partial charge in [0.1, 0.15) is 0 Å². The van der Waals surface area contributed by atoms with Crippen molar-refractivity contribution >= 4 is 11.8 Å². The Morgan fingerprint density at radius 1 is 1.10 bits per heavy atom. The molecule has 2 aromatic carbocycles. The van der Waals surface area contributed by atoms with E-state index in [4.69, 9.17) is 4.98 Å². The minimum Gasteiger partial charge on any atom is -0.388 e. The monoisotopic (exact) mass is 543 g/mol. The van der Waals surface area contributed by atoms with Gasteiger partial charge in [-0.2, -0.15) is 0 Å². The van der Waals surface area contributed by atoms with E-state index in [2.05, 4.69) is 27.3 Å². The lowest BCUT2D eigenvalue weighted by atomic mass is 9.77. The van der Waals surface area contributed by atoms with Crippen LogP contribution < -0.4 is 10.6 Å². The molecule has 1 aromatic heterocycles. The van der Waals surface area contributed by atoms with Gasteiger partial charge in [-0.1, -0.05) is 73.5 Å². The van der Waals surface area contributed by atoms with Crippen LogP contribution in [-0.4, -0.2) is 69.2 Å². The molecule has 2 fully saturated rings. The van der Waals surface area contributed by atoms with Gasteiger partial charge >= 0.3 is 0 Å². The van der Waals surface area contributed by atoms with Crippen LogP contribution in [0.5, 0.6) is 0 Å². The Labute approximate surface area is 236 Å². The second kappa shape index (κ2) is 12.8. The number of imidazole rings is 1. The molecular weight excluding hydrogens is 502 g/mol. The highest BCUT2D eigenvalue weighted by Gasteiger charge is 2.42. The highest BCUT2D eigenvalue weighted by Crippen LogP contribution is 2.43. The van der Waals surface area contributed by atoms with Gasteiger partial charge in [-0.3, -0.25) is 9.59 Å². The highest BCUT2D eigenvalue weighted by atomic mass is 16.3. The summed E-state index contributed by atoms with van der Waals surface area (Å²) in [6, 6.07) is 20.1. The molecular formula is C32H41N5O3. The number of piperazine rings is 1. The van der Waals surface area contributed by atoms with Crippen molar-refractivity contribution < 1.29 is 14.7 Å². The number of hydrogen-bond acceptors (Lipinski definition) is 5. The Bertz CT molecular complexity index is 1280. The van der Waals surface area contributed by atoms with E-state index in [9.17, 15) is 14.7 Å². The molecule has 0 radical (unpaired) electrons. The van der Waals surface area contributed by atoms with Crippen molar-refractivity contribution in [1.29, 1.82) is 0 Å². The summed E-state index contributed by atoms with van der Waals surface area (Å²) in [5.74, 6) is -0.125. The van der Waals surface area contributed by atoms with Crippen molar-refractivity contribution in [2.24, 2.45) is 0 Å². The number of carbonyl (C=O) groups is 2. The second-order valence-electron chi connectivity index (χ2n) is 11.2. The first-order valence-electron chi connectivity index (χ1n) is 14.6. The first-order chi connectivity index (χ1) is 19.5. The number of nitrogens with zero attached hydrogens (tertiary/aromatic N) is 3. The molecule has 1 aliphatic carbocycles. The van der Waals surface area contributed by atoms with Crippen molar-refractivity contribution in [2.45, 2.75) is 69.6 Å². The van der Waals surface area contributed by atoms with E-state index in [0.717, 1.165) is 50.0 Å². The van der Waals surface area contributed by atoms with Gasteiger partial charge in [0, 0.05) is 44.7 Å². The summed E-state index contributed by atoms with van der Waals surface area (Å²) in [6.07, 6.45) is 7.26. The molecule has 1 saturated carbocycles. The largest absolute Gasteiger partial charge is 0.388 e. The fraction of sp³-hybridized carbons (Fsp3) is 0.469. The van der Waals surface area contributed by atoms with Gasteiger partial charge in [0.2, 0.25) is 5.91 Å². The molecule has 2 aliphatic rings. The molecule has 40 heavy (non-hydrogen) atoms. The predicted octanol–water partition coefficient (Wildman–Crippen LogP) is 3.97. The smallest absolute Gasteiger partial charge is 0.275 e. The van der Waals surface area contributed by atoms with Crippen molar-refractivity contribution in [1.82, 2.24) is 25.1 Å². The first kappa shape index (κ1) is 28.1. The van der Waals surface area contributed by atoms with Gasteiger partial charge in [0.05, 0.1) is 23.7 Å². The van der Waals surface area contributed by atoms with Crippen LogP contribution in [0.15, 0.2) is 67.0 Å². The molecule has 5 rings (SSSR count). The fourth-order valence-electron chi connectivity index (χ4n) is 6.42. The second-order valence-corrected chi connectivity index (χ2v) is 11.2. The Kier molecular flexibility index (Phi) is 8.97. The summed E-state index contributed by atoms with van der Waals surface area (Å²) < 4.78 is 2.06. The molecule has 2 amide bonds.